The second-order valence-corrected chi connectivity index (χ2v) is 12.9. The maximum atomic E-state index is 2.45. The second-order valence-electron chi connectivity index (χ2n) is 12.9. The molecule has 0 fully saturated rings. The van der Waals surface area contributed by atoms with Gasteiger partial charge in [-0.1, -0.05) is 188 Å². The van der Waals surface area contributed by atoms with E-state index in [1.165, 1.54) is 66.1 Å². The summed E-state index contributed by atoms with van der Waals surface area (Å²) in [6, 6.07) is 76.6. The fraction of sp³-hybridized carbons (Fsp3) is 0. The summed E-state index contributed by atoms with van der Waals surface area (Å²) < 4.78 is 0. The van der Waals surface area contributed by atoms with Gasteiger partial charge >= 0.3 is 0 Å². The Bertz CT molecular complexity index is 2540. The van der Waals surface area contributed by atoms with Gasteiger partial charge in [-0.3, -0.25) is 0 Å². The van der Waals surface area contributed by atoms with Crippen molar-refractivity contribution in [3.63, 3.8) is 0 Å². The molecule has 240 valence electrons. The minimum absolute atomic E-state index is 1.10. The third kappa shape index (κ3) is 5.56. The van der Waals surface area contributed by atoms with Crippen LogP contribution in [-0.2, 0) is 0 Å². The maximum absolute atomic E-state index is 2.45. The van der Waals surface area contributed by atoms with Crippen molar-refractivity contribution < 1.29 is 0 Å². The van der Waals surface area contributed by atoms with Crippen LogP contribution >= 0.6 is 0 Å². The first kappa shape index (κ1) is 30.4. The van der Waals surface area contributed by atoms with Crippen LogP contribution in [0, 0.1) is 0 Å². The lowest BCUT2D eigenvalue weighted by Crippen LogP contribution is -2.12. The van der Waals surface area contributed by atoms with Crippen LogP contribution in [0.4, 0.5) is 17.1 Å². The van der Waals surface area contributed by atoms with Crippen LogP contribution in [0.2, 0.25) is 0 Å². The summed E-state index contributed by atoms with van der Waals surface area (Å²) >= 11 is 0. The van der Waals surface area contributed by atoms with Crippen LogP contribution in [0.1, 0.15) is 0 Å². The smallest absolute Gasteiger partial charge is 0.0618 e. The number of anilines is 3. The molecule has 1 nitrogen and oxygen atoms in total. The SMILES string of the molecule is c1ccc(-c2cccc(-c3ccccc3)c2N(c2ccccc2)c2ccc3c(c2)c(-c2ccccc2)c(-c2ccccc2)c2ccccc23)cc1. The molecule has 0 amide bonds. The molecule has 0 saturated carbocycles. The van der Waals surface area contributed by atoms with Gasteiger partial charge in [0.1, 0.15) is 0 Å². The van der Waals surface area contributed by atoms with E-state index in [-0.39, 0.29) is 0 Å². The molecule has 0 radical (unpaired) electrons. The first-order chi connectivity index (χ1) is 25.3. The van der Waals surface area contributed by atoms with Crippen LogP contribution in [0.15, 0.2) is 212 Å². The molecule has 0 heterocycles. The van der Waals surface area contributed by atoms with E-state index in [0.29, 0.717) is 0 Å². The molecule has 9 aromatic rings. The average molecular weight is 650 g/mol. The van der Waals surface area contributed by atoms with E-state index in [1.807, 2.05) is 0 Å². The normalized spacial score (nSPS) is 11.1. The molecule has 0 aliphatic rings. The predicted octanol–water partition coefficient (Wildman–Crippen LogP) is 14.1. The van der Waals surface area contributed by atoms with E-state index in [1.54, 1.807) is 0 Å². The van der Waals surface area contributed by atoms with Crippen LogP contribution in [-0.4, -0.2) is 0 Å². The highest BCUT2D eigenvalue weighted by molar-refractivity contribution is 6.22. The summed E-state index contributed by atoms with van der Waals surface area (Å²) in [6.45, 7) is 0. The van der Waals surface area contributed by atoms with Crippen LogP contribution in [0.5, 0.6) is 0 Å². The quantitative estimate of drug-likeness (QED) is 0.155. The fourth-order valence-electron chi connectivity index (χ4n) is 7.60. The van der Waals surface area contributed by atoms with E-state index >= 15 is 0 Å². The Morgan fingerprint density at radius 3 is 1.20 bits per heavy atom. The molecular weight excluding hydrogens is 615 g/mol. The Morgan fingerprint density at radius 1 is 0.255 bits per heavy atom. The molecule has 0 aliphatic carbocycles. The second kappa shape index (κ2) is 13.3. The number of rotatable bonds is 7. The van der Waals surface area contributed by atoms with Crippen molar-refractivity contribution in [1.29, 1.82) is 0 Å². The maximum Gasteiger partial charge on any atom is 0.0618 e. The molecule has 51 heavy (non-hydrogen) atoms. The minimum Gasteiger partial charge on any atom is -0.309 e. The molecule has 0 saturated heterocycles. The number of nitrogens with zero attached hydrogens (tertiary/aromatic N) is 1. The Labute approximate surface area is 299 Å². The Morgan fingerprint density at radius 2 is 0.667 bits per heavy atom. The van der Waals surface area contributed by atoms with Crippen molar-refractivity contribution in [2.75, 3.05) is 4.90 Å². The van der Waals surface area contributed by atoms with Crippen molar-refractivity contribution in [2.45, 2.75) is 0 Å². The molecule has 0 unspecified atom stereocenters. The number of hydrogen-bond donors (Lipinski definition) is 0. The summed E-state index contributed by atoms with van der Waals surface area (Å²) in [7, 11) is 0. The van der Waals surface area contributed by atoms with Gasteiger partial charge in [-0.2, -0.15) is 0 Å². The molecule has 0 bridgehead atoms. The molecule has 0 spiro atoms. The van der Waals surface area contributed by atoms with Gasteiger partial charge in [0.15, 0.2) is 0 Å². The molecule has 0 aliphatic heterocycles. The van der Waals surface area contributed by atoms with Gasteiger partial charge in [0, 0.05) is 22.5 Å². The zero-order valence-electron chi connectivity index (χ0n) is 28.2. The van der Waals surface area contributed by atoms with Gasteiger partial charge in [0.25, 0.3) is 0 Å². The molecule has 9 aromatic carbocycles. The van der Waals surface area contributed by atoms with Crippen LogP contribution < -0.4 is 4.90 Å². The highest BCUT2D eigenvalue weighted by Gasteiger charge is 2.24. The first-order valence-corrected chi connectivity index (χ1v) is 17.5. The lowest BCUT2D eigenvalue weighted by molar-refractivity contribution is 1.29. The van der Waals surface area contributed by atoms with Crippen molar-refractivity contribution >= 4 is 38.6 Å². The third-order valence-electron chi connectivity index (χ3n) is 9.84. The Balaban J connectivity index is 1.41. The Kier molecular flexibility index (Phi) is 7.92. The zero-order valence-corrected chi connectivity index (χ0v) is 28.2. The third-order valence-corrected chi connectivity index (χ3v) is 9.84. The minimum atomic E-state index is 1.10. The van der Waals surface area contributed by atoms with Crippen LogP contribution in [0.25, 0.3) is 66.1 Å². The largest absolute Gasteiger partial charge is 0.309 e. The van der Waals surface area contributed by atoms with Gasteiger partial charge in [0.05, 0.1) is 5.69 Å². The molecule has 0 aromatic heterocycles. The zero-order chi connectivity index (χ0) is 34.0. The average Bonchev–Trinajstić information content (AvgIpc) is 3.22. The number of para-hydroxylation sites is 2. The van der Waals surface area contributed by atoms with Crippen LogP contribution in [0.3, 0.4) is 0 Å². The monoisotopic (exact) mass is 649 g/mol. The van der Waals surface area contributed by atoms with E-state index in [0.717, 1.165) is 17.1 Å². The molecular formula is C50H35N. The van der Waals surface area contributed by atoms with Gasteiger partial charge in [-0.15, -0.1) is 0 Å². The van der Waals surface area contributed by atoms with Crippen molar-refractivity contribution in [1.82, 2.24) is 0 Å². The summed E-state index contributed by atoms with van der Waals surface area (Å²) in [5.74, 6) is 0. The van der Waals surface area contributed by atoms with Gasteiger partial charge in [0.2, 0.25) is 0 Å². The summed E-state index contributed by atoms with van der Waals surface area (Å²) in [5, 5.41) is 4.96. The highest BCUT2D eigenvalue weighted by atomic mass is 15.1. The number of fused-ring (bicyclic) bond motifs is 3. The molecule has 1 heteroatoms. The molecule has 0 atom stereocenters. The van der Waals surface area contributed by atoms with Gasteiger partial charge in [-0.25, -0.2) is 0 Å². The lowest BCUT2D eigenvalue weighted by Gasteiger charge is -2.31. The van der Waals surface area contributed by atoms with E-state index in [4.69, 9.17) is 0 Å². The van der Waals surface area contributed by atoms with Crippen molar-refractivity contribution in [3.05, 3.63) is 212 Å². The lowest BCUT2D eigenvalue weighted by atomic mass is 9.84. The molecule has 9 rings (SSSR count). The number of hydrogen-bond acceptors (Lipinski definition) is 1. The van der Waals surface area contributed by atoms with E-state index < -0.39 is 0 Å². The summed E-state index contributed by atoms with van der Waals surface area (Å²) in [6.07, 6.45) is 0. The predicted molar refractivity (Wildman–Crippen MR) is 218 cm³/mol. The summed E-state index contributed by atoms with van der Waals surface area (Å²) in [5.41, 5.74) is 12.9. The van der Waals surface area contributed by atoms with E-state index in [2.05, 4.69) is 217 Å². The number of benzene rings is 9. The van der Waals surface area contributed by atoms with Crippen molar-refractivity contribution in [2.24, 2.45) is 0 Å². The fourth-order valence-corrected chi connectivity index (χ4v) is 7.60. The first-order valence-electron chi connectivity index (χ1n) is 17.5. The Hall–Kier alpha value is -6.70. The molecule has 0 N–H and O–H groups in total. The van der Waals surface area contributed by atoms with Gasteiger partial charge in [-0.05, 0) is 79.2 Å². The van der Waals surface area contributed by atoms with E-state index in [9.17, 15) is 0 Å². The van der Waals surface area contributed by atoms with Crippen molar-refractivity contribution in [3.8, 4) is 44.5 Å². The highest BCUT2D eigenvalue weighted by Crippen LogP contribution is 2.50. The van der Waals surface area contributed by atoms with Gasteiger partial charge < -0.3 is 4.90 Å². The topological polar surface area (TPSA) is 3.24 Å². The standard InChI is InChI=1S/C50H35N/c1-6-19-36(20-7-1)42-31-18-32-43(37-21-8-2-9-22-37)50(42)51(40-27-14-5-15-28-40)41-33-34-45-44-29-16-17-30-46(44)48(38-23-10-3-11-24-38)49(47(45)35-41)39-25-12-4-13-26-39/h1-35H. The summed E-state index contributed by atoms with van der Waals surface area (Å²) in [4.78, 5) is 2.45.